The minimum absolute atomic E-state index is 0.00582. The van der Waals surface area contributed by atoms with E-state index in [1.165, 1.54) is 6.07 Å². The number of hydrogen-bond donors (Lipinski definition) is 0. The van der Waals surface area contributed by atoms with Gasteiger partial charge in [0.15, 0.2) is 5.82 Å². The number of rotatable bonds is 2. The minimum atomic E-state index is -0.629. The van der Waals surface area contributed by atoms with Crippen molar-refractivity contribution in [2.45, 2.75) is 39.7 Å². The topological polar surface area (TPSA) is 29.0 Å². The van der Waals surface area contributed by atoms with Crippen molar-refractivity contribution in [2.24, 2.45) is 0 Å². The van der Waals surface area contributed by atoms with E-state index in [0.29, 0.717) is 17.5 Å². The summed E-state index contributed by atoms with van der Waals surface area (Å²) in [6.45, 7) is 6.08. The van der Waals surface area contributed by atoms with Crippen molar-refractivity contribution in [3.63, 3.8) is 0 Å². The number of fused-ring (bicyclic) bond motifs is 1. The predicted molar refractivity (Wildman–Crippen MR) is 92.1 cm³/mol. The van der Waals surface area contributed by atoms with Gasteiger partial charge in [-0.05, 0) is 57.3 Å². The molecule has 6 heteroatoms. The lowest BCUT2D eigenvalue weighted by Crippen LogP contribution is -2.29. The summed E-state index contributed by atoms with van der Waals surface area (Å²) in [4.78, 5) is 9.60. The van der Waals surface area contributed by atoms with Crippen LogP contribution in [0.3, 0.4) is 0 Å². The Morgan fingerprint density at radius 3 is 2.67 bits per heavy atom. The van der Waals surface area contributed by atoms with Crippen molar-refractivity contribution < 1.29 is 8.78 Å². The van der Waals surface area contributed by atoms with Crippen LogP contribution in [0, 0.1) is 11.6 Å². The van der Waals surface area contributed by atoms with Crippen LogP contribution < -0.4 is 4.90 Å². The number of hydrogen-bond acceptors (Lipinski definition) is 3. The highest BCUT2D eigenvalue weighted by atomic mass is 35.5. The largest absolute Gasteiger partial charge is 0.343 e. The molecular formula is C18H18ClF2N3. The molecule has 0 amide bonds. The van der Waals surface area contributed by atoms with E-state index in [4.69, 9.17) is 11.6 Å². The fraction of sp³-hybridized carbons (Fsp3) is 0.333. The van der Waals surface area contributed by atoms with E-state index in [1.807, 2.05) is 20.8 Å². The van der Waals surface area contributed by atoms with E-state index in [2.05, 4.69) is 20.9 Å². The SMILES string of the molecule is CC1=CCCc2c(F)cc(-c3nc(Cl)ncc3F)cc2N1C(C)C. The molecule has 0 aliphatic carbocycles. The summed E-state index contributed by atoms with van der Waals surface area (Å²) < 4.78 is 28.8. The van der Waals surface area contributed by atoms with Gasteiger partial charge in [-0.3, -0.25) is 0 Å². The van der Waals surface area contributed by atoms with Crippen LogP contribution >= 0.6 is 11.6 Å². The molecule has 0 saturated carbocycles. The van der Waals surface area contributed by atoms with E-state index < -0.39 is 5.82 Å². The molecule has 3 rings (SSSR count). The van der Waals surface area contributed by atoms with Crippen molar-refractivity contribution in [1.82, 2.24) is 9.97 Å². The first-order valence-electron chi connectivity index (χ1n) is 7.85. The third kappa shape index (κ3) is 3.00. The molecule has 3 nitrogen and oxygen atoms in total. The molecule has 0 atom stereocenters. The maximum absolute atomic E-state index is 14.7. The molecule has 1 aliphatic rings. The Balaban J connectivity index is 2.23. The van der Waals surface area contributed by atoms with Gasteiger partial charge >= 0.3 is 0 Å². The second-order valence-corrected chi connectivity index (χ2v) is 6.48. The van der Waals surface area contributed by atoms with E-state index in [-0.39, 0.29) is 22.8 Å². The fourth-order valence-corrected chi connectivity index (χ4v) is 3.30. The normalized spacial score (nSPS) is 14.5. The number of aromatic nitrogens is 2. The minimum Gasteiger partial charge on any atom is -0.343 e. The van der Waals surface area contributed by atoms with Crippen LogP contribution in [-0.4, -0.2) is 16.0 Å². The first-order chi connectivity index (χ1) is 11.4. The molecule has 1 aromatic carbocycles. The summed E-state index contributed by atoms with van der Waals surface area (Å²) in [5.41, 5.74) is 2.81. The Bertz CT molecular complexity index is 818. The standard InChI is InChI=1S/C18H18ClF2N3/c1-10(2)24-11(3)5-4-6-13-14(20)7-12(8-16(13)24)17-15(21)9-22-18(19)23-17/h5,7-10H,4,6H2,1-3H3. The molecule has 126 valence electrons. The smallest absolute Gasteiger partial charge is 0.223 e. The second-order valence-electron chi connectivity index (χ2n) is 6.14. The quantitative estimate of drug-likeness (QED) is 0.703. The number of allylic oxidation sites excluding steroid dienone is 2. The van der Waals surface area contributed by atoms with E-state index in [9.17, 15) is 8.78 Å². The van der Waals surface area contributed by atoms with Gasteiger partial charge in [0, 0.05) is 28.6 Å². The Morgan fingerprint density at radius 2 is 1.96 bits per heavy atom. The lowest BCUT2D eigenvalue weighted by molar-refractivity contribution is 0.606. The van der Waals surface area contributed by atoms with E-state index >= 15 is 0 Å². The highest BCUT2D eigenvalue weighted by Crippen LogP contribution is 2.36. The van der Waals surface area contributed by atoms with Crippen molar-refractivity contribution >= 4 is 17.3 Å². The van der Waals surface area contributed by atoms with Crippen molar-refractivity contribution in [1.29, 1.82) is 0 Å². The number of nitrogens with zero attached hydrogens (tertiary/aromatic N) is 3. The lowest BCUT2D eigenvalue weighted by Gasteiger charge is -2.31. The maximum Gasteiger partial charge on any atom is 0.223 e. The molecular weight excluding hydrogens is 332 g/mol. The van der Waals surface area contributed by atoms with Crippen LogP contribution in [0.5, 0.6) is 0 Å². The van der Waals surface area contributed by atoms with Gasteiger partial charge in [-0.15, -0.1) is 0 Å². The van der Waals surface area contributed by atoms with E-state index in [0.717, 1.165) is 24.0 Å². The maximum atomic E-state index is 14.7. The zero-order chi connectivity index (χ0) is 17.4. The summed E-state index contributed by atoms with van der Waals surface area (Å²) >= 11 is 5.78. The Morgan fingerprint density at radius 1 is 1.21 bits per heavy atom. The molecule has 1 aliphatic heterocycles. The van der Waals surface area contributed by atoms with Crippen LogP contribution in [0.4, 0.5) is 14.5 Å². The van der Waals surface area contributed by atoms with Gasteiger partial charge in [0.25, 0.3) is 0 Å². The third-order valence-corrected chi connectivity index (χ3v) is 4.33. The number of halogens is 3. The van der Waals surface area contributed by atoms with Crippen molar-refractivity contribution in [3.05, 3.63) is 52.6 Å². The molecule has 0 unspecified atom stereocenters. The Labute approximate surface area is 145 Å². The van der Waals surface area contributed by atoms with E-state index in [1.54, 1.807) is 6.07 Å². The number of anilines is 1. The monoisotopic (exact) mass is 349 g/mol. The first kappa shape index (κ1) is 16.8. The van der Waals surface area contributed by atoms with Crippen LogP contribution in [0.15, 0.2) is 30.1 Å². The molecule has 0 bridgehead atoms. The van der Waals surface area contributed by atoms with Gasteiger partial charge in [0.2, 0.25) is 5.28 Å². The second kappa shape index (κ2) is 6.48. The summed E-state index contributed by atoms with van der Waals surface area (Å²) in [7, 11) is 0. The van der Waals surface area contributed by atoms with Crippen LogP contribution in [0.25, 0.3) is 11.3 Å². The van der Waals surface area contributed by atoms with Gasteiger partial charge < -0.3 is 4.90 Å². The molecule has 0 fully saturated rings. The zero-order valence-electron chi connectivity index (χ0n) is 13.8. The average molecular weight is 350 g/mol. The molecule has 0 N–H and O–H groups in total. The molecule has 2 aromatic rings. The number of benzene rings is 1. The summed E-state index contributed by atoms with van der Waals surface area (Å²) in [6.07, 6.45) is 4.47. The average Bonchev–Trinajstić information content (AvgIpc) is 2.68. The highest BCUT2D eigenvalue weighted by molar-refractivity contribution is 6.28. The molecule has 0 spiro atoms. The molecule has 24 heavy (non-hydrogen) atoms. The van der Waals surface area contributed by atoms with Crippen LogP contribution in [0.2, 0.25) is 5.28 Å². The van der Waals surface area contributed by atoms with Gasteiger partial charge in [0.05, 0.1) is 6.20 Å². The Kier molecular flexibility index (Phi) is 4.54. The fourth-order valence-electron chi connectivity index (χ4n) is 3.17. The molecule has 2 heterocycles. The third-order valence-electron chi connectivity index (χ3n) is 4.15. The lowest BCUT2D eigenvalue weighted by atomic mass is 10.0. The van der Waals surface area contributed by atoms with Gasteiger partial charge in [-0.1, -0.05) is 6.08 Å². The summed E-state index contributed by atoms with van der Waals surface area (Å²) in [5.74, 6) is -0.985. The molecule has 1 aromatic heterocycles. The van der Waals surface area contributed by atoms with Crippen LogP contribution in [0.1, 0.15) is 32.8 Å². The van der Waals surface area contributed by atoms with Crippen molar-refractivity contribution in [2.75, 3.05) is 4.90 Å². The zero-order valence-corrected chi connectivity index (χ0v) is 14.5. The first-order valence-corrected chi connectivity index (χ1v) is 8.23. The molecule has 0 saturated heterocycles. The summed E-state index contributed by atoms with van der Waals surface area (Å²) in [6, 6.07) is 3.24. The van der Waals surface area contributed by atoms with Gasteiger partial charge in [0.1, 0.15) is 11.5 Å². The molecule has 0 radical (unpaired) electrons. The highest BCUT2D eigenvalue weighted by Gasteiger charge is 2.23. The van der Waals surface area contributed by atoms with Gasteiger partial charge in [-0.2, -0.15) is 0 Å². The van der Waals surface area contributed by atoms with Crippen LogP contribution in [-0.2, 0) is 6.42 Å². The van der Waals surface area contributed by atoms with Gasteiger partial charge in [-0.25, -0.2) is 18.7 Å². The summed E-state index contributed by atoms with van der Waals surface area (Å²) in [5, 5.41) is -0.0708. The Hall–Kier alpha value is -2.01. The predicted octanol–water partition coefficient (Wildman–Crippen LogP) is 5.14. The van der Waals surface area contributed by atoms with Crippen molar-refractivity contribution in [3.8, 4) is 11.3 Å².